The van der Waals surface area contributed by atoms with Gasteiger partial charge in [-0.2, -0.15) is 8.75 Å². The first-order valence-corrected chi connectivity index (χ1v) is 6.94. The Labute approximate surface area is 91.9 Å². The molecule has 1 rings (SSSR count). The van der Waals surface area contributed by atoms with Gasteiger partial charge in [0, 0.05) is 19.8 Å². The highest BCUT2D eigenvalue weighted by Gasteiger charge is 2.12. The number of nitrogens with zero attached hydrogens (tertiary/aromatic N) is 3. The molecule has 0 aliphatic rings. The average molecular weight is 256 g/mol. The molecule has 1 heterocycles. The van der Waals surface area contributed by atoms with Crippen molar-refractivity contribution in [2.75, 3.05) is 30.5 Å². The Kier molecular flexibility index (Phi) is 3.68. The van der Waals surface area contributed by atoms with Gasteiger partial charge < -0.3 is 4.90 Å². The SMILES string of the molecule is CN(CCS(C)(=O)=O)c1nsnc1Cl. The van der Waals surface area contributed by atoms with Crippen molar-refractivity contribution in [3.8, 4) is 0 Å². The van der Waals surface area contributed by atoms with Crippen LogP contribution < -0.4 is 4.90 Å². The van der Waals surface area contributed by atoms with Gasteiger partial charge in [0.15, 0.2) is 11.0 Å². The highest BCUT2D eigenvalue weighted by Crippen LogP contribution is 2.21. The van der Waals surface area contributed by atoms with E-state index in [-0.39, 0.29) is 5.75 Å². The summed E-state index contributed by atoms with van der Waals surface area (Å²) in [5.41, 5.74) is 0. The second kappa shape index (κ2) is 4.41. The van der Waals surface area contributed by atoms with E-state index in [1.54, 1.807) is 11.9 Å². The van der Waals surface area contributed by atoms with Gasteiger partial charge in [-0.1, -0.05) is 11.6 Å². The number of hydrogen-bond acceptors (Lipinski definition) is 6. The summed E-state index contributed by atoms with van der Waals surface area (Å²) in [4.78, 5) is 1.67. The zero-order valence-corrected chi connectivity index (χ0v) is 10.2. The number of hydrogen-bond donors (Lipinski definition) is 0. The molecule has 1 aromatic rings. The molecule has 0 aromatic carbocycles. The number of halogens is 1. The first kappa shape index (κ1) is 11.7. The maximum atomic E-state index is 10.9. The van der Waals surface area contributed by atoms with Crippen LogP contribution in [0.2, 0.25) is 5.15 Å². The van der Waals surface area contributed by atoms with Crippen LogP contribution in [0.15, 0.2) is 0 Å². The summed E-state index contributed by atoms with van der Waals surface area (Å²) in [6, 6.07) is 0. The minimum absolute atomic E-state index is 0.0807. The van der Waals surface area contributed by atoms with Gasteiger partial charge in [0.25, 0.3) is 0 Å². The van der Waals surface area contributed by atoms with Crippen LogP contribution >= 0.6 is 23.3 Å². The fourth-order valence-corrected chi connectivity index (χ4v) is 2.24. The molecule has 8 heteroatoms. The normalized spacial score (nSPS) is 11.6. The molecule has 0 spiro atoms. The van der Waals surface area contributed by atoms with E-state index in [0.717, 1.165) is 11.7 Å². The van der Waals surface area contributed by atoms with Crippen LogP contribution in [0.25, 0.3) is 0 Å². The van der Waals surface area contributed by atoms with Crippen molar-refractivity contribution >= 4 is 39.0 Å². The molecule has 0 unspecified atom stereocenters. The Morgan fingerprint density at radius 1 is 1.50 bits per heavy atom. The molecule has 0 radical (unpaired) electrons. The first-order valence-electron chi connectivity index (χ1n) is 3.77. The molecule has 1 aromatic heterocycles. The third-order valence-corrected chi connectivity index (χ3v) is 3.39. The standard InChI is InChI=1S/C6H10ClN3O2S2/c1-10(3-4-14(2,11)12)6-5(7)8-13-9-6/h3-4H2,1-2H3. The molecule has 0 fully saturated rings. The van der Waals surface area contributed by atoms with Crippen molar-refractivity contribution in [1.82, 2.24) is 8.75 Å². The fraction of sp³-hybridized carbons (Fsp3) is 0.667. The summed E-state index contributed by atoms with van der Waals surface area (Å²) in [5, 5.41) is 0.311. The van der Waals surface area contributed by atoms with Crippen LogP contribution in [0, 0.1) is 0 Å². The van der Waals surface area contributed by atoms with Crippen LogP contribution in [0.4, 0.5) is 5.82 Å². The third kappa shape index (κ3) is 3.39. The minimum atomic E-state index is -2.95. The Hall–Kier alpha value is -0.400. The van der Waals surface area contributed by atoms with Crippen molar-refractivity contribution in [1.29, 1.82) is 0 Å². The summed E-state index contributed by atoms with van der Waals surface area (Å²) in [6.07, 6.45) is 1.20. The predicted octanol–water partition coefficient (Wildman–Crippen LogP) is 0.672. The highest BCUT2D eigenvalue weighted by atomic mass is 35.5. The summed E-state index contributed by atoms with van der Waals surface area (Å²) in [6.45, 7) is 0.365. The quantitative estimate of drug-likeness (QED) is 0.792. The van der Waals surface area contributed by atoms with Gasteiger partial charge in [-0.3, -0.25) is 0 Å². The Bertz CT molecular complexity index is 403. The van der Waals surface area contributed by atoms with Crippen LogP contribution in [-0.2, 0) is 9.84 Å². The molecule has 0 amide bonds. The summed E-state index contributed by atoms with van der Waals surface area (Å²) >= 11 is 6.74. The van der Waals surface area contributed by atoms with Gasteiger partial charge in [-0.25, -0.2) is 8.42 Å². The molecule has 5 nitrogen and oxygen atoms in total. The van der Waals surface area contributed by atoms with Gasteiger partial charge in [-0.15, -0.1) is 0 Å². The monoisotopic (exact) mass is 255 g/mol. The zero-order chi connectivity index (χ0) is 10.8. The molecule has 0 bridgehead atoms. The first-order chi connectivity index (χ1) is 6.40. The van der Waals surface area contributed by atoms with Crippen molar-refractivity contribution < 1.29 is 8.42 Å². The summed E-state index contributed by atoms with van der Waals surface area (Å²) < 4.78 is 29.5. The smallest absolute Gasteiger partial charge is 0.187 e. The lowest BCUT2D eigenvalue weighted by atomic mass is 10.6. The second-order valence-corrected chi connectivity index (χ2v) is 6.08. The lowest BCUT2D eigenvalue weighted by molar-refractivity contribution is 0.601. The number of aromatic nitrogens is 2. The van der Waals surface area contributed by atoms with Crippen molar-refractivity contribution in [3.63, 3.8) is 0 Å². The van der Waals surface area contributed by atoms with Gasteiger partial charge in [0.05, 0.1) is 17.5 Å². The van der Waals surface area contributed by atoms with E-state index in [0.29, 0.717) is 17.5 Å². The van der Waals surface area contributed by atoms with Gasteiger partial charge in [-0.05, 0) is 0 Å². The second-order valence-electron chi connectivity index (χ2n) is 2.93. The van der Waals surface area contributed by atoms with Crippen molar-refractivity contribution in [2.45, 2.75) is 0 Å². The third-order valence-electron chi connectivity index (χ3n) is 1.59. The number of sulfone groups is 1. The molecule has 0 saturated heterocycles. The van der Waals surface area contributed by atoms with Crippen LogP contribution in [0.1, 0.15) is 0 Å². The van der Waals surface area contributed by atoms with E-state index >= 15 is 0 Å². The fourth-order valence-electron chi connectivity index (χ4n) is 0.809. The minimum Gasteiger partial charge on any atom is -0.355 e. The van der Waals surface area contributed by atoms with Crippen molar-refractivity contribution in [2.24, 2.45) is 0 Å². The molecule has 0 atom stereocenters. The maximum Gasteiger partial charge on any atom is 0.187 e. The van der Waals surface area contributed by atoms with Crippen LogP contribution in [0.5, 0.6) is 0 Å². The van der Waals surface area contributed by atoms with E-state index in [1.165, 1.54) is 6.26 Å². The van der Waals surface area contributed by atoms with Crippen LogP contribution in [-0.4, -0.2) is 42.8 Å². The van der Waals surface area contributed by atoms with Gasteiger partial charge >= 0.3 is 0 Å². The molecule has 14 heavy (non-hydrogen) atoms. The predicted molar refractivity (Wildman–Crippen MR) is 57.9 cm³/mol. The maximum absolute atomic E-state index is 10.9. The largest absolute Gasteiger partial charge is 0.355 e. The lowest BCUT2D eigenvalue weighted by Gasteiger charge is -2.14. The average Bonchev–Trinajstić information content (AvgIpc) is 2.46. The molecular formula is C6H10ClN3O2S2. The molecular weight excluding hydrogens is 246 g/mol. The Morgan fingerprint density at radius 3 is 2.57 bits per heavy atom. The topological polar surface area (TPSA) is 63.2 Å². The molecule has 0 N–H and O–H groups in total. The number of anilines is 1. The van der Waals surface area contributed by atoms with E-state index < -0.39 is 9.84 Å². The van der Waals surface area contributed by atoms with E-state index in [2.05, 4.69) is 8.75 Å². The van der Waals surface area contributed by atoms with Gasteiger partial charge in [0.1, 0.15) is 9.84 Å². The zero-order valence-electron chi connectivity index (χ0n) is 7.77. The van der Waals surface area contributed by atoms with E-state index in [1.807, 2.05) is 0 Å². The van der Waals surface area contributed by atoms with E-state index in [9.17, 15) is 8.42 Å². The Balaban J connectivity index is 2.60. The molecule has 0 saturated carbocycles. The van der Waals surface area contributed by atoms with Crippen molar-refractivity contribution in [3.05, 3.63) is 5.15 Å². The molecule has 0 aliphatic heterocycles. The number of rotatable bonds is 4. The molecule has 0 aliphatic carbocycles. The van der Waals surface area contributed by atoms with Gasteiger partial charge in [0.2, 0.25) is 0 Å². The summed E-state index contributed by atoms with van der Waals surface area (Å²) in [5.74, 6) is 0.609. The van der Waals surface area contributed by atoms with E-state index in [4.69, 9.17) is 11.6 Å². The highest BCUT2D eigenvalue weighted by molar-refractivity contribution is 7.90. The lowest BCUT2D eigenvalue weighted by Crippen LogP contribution is -2.25. The Morgan fingerprint density at radius 2 is 2.14 bits per heavy atom. The summed E-state index contributed by atoms with van der Waals surface area (Å²) in [7, 11) is -1.22. The molecule has 80 valence electrons. The van der Waals surface area contributed by atoms with Crippen LogP contribution in [0.3, 0.4) is 0 Å².